The summed E-state index contributed by atoms with van der Waals surface area (Å²) >= 11 is 0. The van der Waals surface area contributed by atoms with E-state index in [1.165, 1.54) is 13.3 Å². The molecule has 8 heteroatoms. The first kappa shape index (κ1) is 19.4. The van der Waals surface area contributed by atoms with Crippen molar-refractivity contribution in [2.24, 2.45) is 0 Å². The SMILES string of the molecule is COCCn1c(C(=O)OC)c(NC(=O)Cc2ccccc2)c2cc(N)cnc21. The number of amides is 1. The largest absolute Gasteiger partial charge is 0.464 e. The molecule has 0 saturated carbocycles. The number of benzene rings is 1. The molecule has 0 aliphatic heterocycles. The van der Waals surface area contributed by atoms with E-state index in [9.17, 15) is 9.59 Å². The second-order valence-electron chi connectivity index (χ2n) is 6.21. The zero-order valence-corrected chi connectivity index (χ0v) is 15.8. The van der Waals surface area contributed by atoms with Gasteiger partial charge in [-0.2, -0.15) is 0 Å². The second-order valence-corrected chi connectivity index (χ2v) is 6.21. The van der Waals surface area contributed by atoms with Gasteiger partial charge in [0.1, 0.15) is 5.65 Å². The van der Waals surface area contributed by atoms with Gasteiger partial charge < -0.3 is 25.1 Å². The van der Waals surface area contributed by atoms with Crippen LogP contribution in [0.15, 0.2) is 42.6 Å². The Morgan fingerprint density at radius 1 is 1.21 bits per heavy atom. The maximum Gasteiger partial charge on any atom is 0.356 e. The predicted octanol–water partition coefficient (Wildman–Crippen LogP) is 2.23. The molecule has 28 heavy (non-hydrogen) atoms. The lowest BCUT2D eigenvalue weighted by atomic mass is 10.1. The molecule has 146 valence electrons. The molecule has 3 rings (SSSR count). The number of anilines is 2. The highest BCUT2D eigenvalue weighted by molar-refractivity contribution is 6.11. The van der Waals surface area contributed by atoms with Crippen LogP contribution < -0.4 is 11.1 Å². The number of aromatic nitrogens is 2. The molecule has 8 nitrogen and oxygen atoms in total. The molecule has 0 fully saturated rings. The van der Waals surface area contributed by atoms with Crippen LogP contribution in [-0.4, -0.2) is 42.3 Å². The van der Waals surface area contributed by atoms with Crippen LogP contribution in [0.4, 0.5) is 11.4 Å². The number of rotatable bonds is 7. The number of methoxy groups -OCH3 is 2. The summed E-state index contributed by atoms with van der Waals surface area (Å²) in [5.74, 6) is -0.841. The minimum Gasteiger partial charge on any atom is -0.464 e. The van der Waals surface area contributed by atoms with E-state index < -0.39 is 5.97 Å². The molecule has 0 radical (unpaired) electrons. The van der Waals surface area contributed by atoms with Crippen molar-refractivity contribution in [1.82, 2.24) is 9.55 Å². The summed E-state index contributed by atoms with van der Waals surface area (Å²) in [4.78, 5) is 29.5. The molecular weight excluding hydrogens is 360 g/mol. The summed E-state index contributed by atoms with van der Waals surface area (Å²) in [6.45, 7) is 0.722. The van der Waals surface area contributed by atoms with Crippen molar-refractivity contribution in [3.05, 3.63) is 53.9 Å². The van der Waals surface area contributed by atoms with Crippen molar-refractivity contribution in [3.63, 3.8) is 0 Å². The molecule has 0 aliphatic carbocycles. The molecule has 2 aromatic heterocycles. The second kappa shape index (κ2) is 8.53. The van der Waals surface area contributed by atoms with Gasteiger partial charge in [0.15, 0.2) is 5.69 Å². The Morgan fingerprint density at radius 3 is 2.64 bits per heavy atom. The van der Waals surface area contributed by atoms with Crippen LogP contribution in [0.5, 0.6) is 0 Å². The van der Waals surface area contributed by atoms with Crippen LogP contribution in [0.2, 0.25) is 0 Å². The van der Waals surface area contributed by atoms with E-state index in [1.54, 1.807) is 17.7 Å². The first-order chi connectivity index (χ1) is 13.5. The minimum atomic E-state index is -0.581. The Balaban J connectivity index is 2.06. The zero-order valence-electron chi connectivity index (χ0n) is 15.8. The third kappa shape index (κ3) is 3.96. The van der Waals surface area contributed by atoms with E-state index in [0.717, 1.165) is 5.56 Å². The summed E-state index contributed by atoms with van der Waals surface area (Å²) in [5, 5.41) is 3.41. The van der Waals surface area contributed by atoms with Gasteiger partial charge in [0.2, 0.25) is 5.91 Å². The van der Waals surface area contributed by atoms with Gasteiger partial charge in [0.05, 0.1) is 37.7 Å². The molecule has 3 aromatic rings. The van der Waals surface area contributed by atoms with Gasteiger partial charge in [0, 0.05) is 19.0 Å². The van der Waals surface area contributed by atoms with Gasteiger partial charge >= 0.3 is 5.97 Å². The third-order valence-corrected chi connectivity index (χ3v) is 4.29. The molecular formula is C20H22N4O4. The Bertz CT molecular complexity index is 998. The summed E-state index contributed by atoms with van der Waals surface area (Å²) < 4.78 is 11.8. The summed E-state index contributed by atoms with van der Waals surface area (Å²) in [6.07, 6.45) is 1.67. The number of carbonyl (C=O) groups is 2. The van der Waals surface area contributed by atoms with Crippen LogP contribution >= 0.6 is 0 Å². The fraction of sp³-hybridized carbons (Fsp3) is 0.250. The highest BCUT2D eigenvalue weighted by Crippen LogP contribution is 2.32. The van der Waals surface area contributed by atoms with Crippen LogP contribution in [0, 0.1) is 0 Å². The van der Waals surface area contributed by atoms with Crippen LogP contribution in [0.1, 0.15) is 16.1 Å². The van der Waals surface area contributed by atoms with E-state index in [2.05, 4.69) is 10.3 Å². The molecule has 1 amide bonds. The normalized spacial score (nSPS) is 10.8. The van der Waals surface area contributed by atoms with Gasteiger partial charge in [-0.1, -0.05) is 30.3 Å². The predicted molar refractivity (Wildman–Crippen MR) is 106 cm³/mol. The average molecular weight is 382 g/mol. The number of nitrogens with zero attached hydrogens (tertiary/aromatic N) is 2. The first-order valence-corrected chi connectivity index (χ1v) is 8.74. The standard InChI is InChI=1S/C20H22N4O4/c1-27-9-8-24-18(20(26)28-2)17(15-11-14(21)12-22-19(15)24)23-16(25)10-13-6-4-3-5-7-13/h3-7,11-12H,8-10,21H2,1-2H3,(H,23,25). The van der Waals surface area contributed by atoms with Crippen molar-refractivity contribution >= 4 is 34.3 Å². The maximum atomic E-state index is 12.6. The van der Waals surface area contributed by atoms with Gasteiger partial charge in [-0.15, -0.1) is 0 Å². The van der Waals surface area contributed by atoms with Crippen molar-refractivity contribution in [1.29, 1.82) is 0 Å². The van der Waals surface area contributed by atoms with E-state index in [0.29, 0.717) is 35.6 Å². The van der Waals surface area contributed by atoms with E-state index in [-0.39, 0.29) is 18.0 Å². The van der Waals surface area contributed by atoms with Crippen molar-refractivity contribution < 1.29 is 19.1 Å². The van der Waals surface area contributed by atoms with Gasteiger partial charge in [0.25, 0.3) is 0 Å². The number of hydrogen-bond donors (Lipinski definition) is 2. The molecule has 2 heterocycles. The quantitative estimate of drug-likeness (QED) is 0.607. The number of pyridine rings is 1. The molecule has 0 unspecified atom stereocenters. The fourth-order valence-electron chi connectivity index (χ4n) is 3.04. The number of nitrogen functional groups attached to an aromatic ring is 1. The first-order valence-electron chi connectivity index (χ1n) is 8.74. The molecule has 0 aliphatic rings. The Labute approximate surface area is 162 Å². The van der Waals surface area contributed by atoms with Gasteiger partial charge in [-0.25, -0.2) is 9.78 Å². The number of fused-ring (bicyclic) bond motifs is 1. The molecule has 1 aromatic carbocycles. The molecule has 3 N–H and O–H groups in total. The monoisotopic (exact) mass is 382 g/mol. The van der Waals surface area contributed by atoms with Crippen molar-refractivity contribution in [3.8, 4) is 0 Å². The number of ether oxygens (including phenoxy) is 2. The number of esters is 1. The Morgan fingerprint density at radius 2 is 1.96 bits per heavy atom. The highest BCUT2D eigenvalue weighted by atomic mass is 16.5. The lowest BCUT2D eigenvalue weighted by molar-refractivity contribution is -0.115. The molecule has 0 bridgehead atoms. The lowest BCUT2D eigenvalue weighted by Gasteiger charge is -2.10. The van der Waals surface area contributed by atoms with Gasteiger partial charge in [-0.3, -0.25) is 4.79 Å². The third-order valence-electron chi connectivity index (χ3n) is 4.29. The van der Waals surface area contributed by atoms with Crippen molar-refractivity contribution in [2.75, 3.05) is 31.9 Å². The number of hydrogen-bond acceptors (Lipinski definition) is 6. The van der Waals surface area contributed by atoms with Crippen molar-refractivity contribution in [2.45, 2.75) is 13.0 Å². The smallest absolute Gasteiger partial charge is 0.356 e. The topological polar surface area (TPSA) is 108 Å². The molecule has 0 saturated heterocycles. The van der Waals surface area contributed by atoms with Crippen LogP contribution in [0.25, 0.3) is 11.0 Å². The van der Waals surface area contributed by atoms with Gasteiger partial charge in [-0.05, 0) is 11.6 Å². The summed E-state index contributed by atoms with van der Waals surface area (Å²) in [7, 11) is 2.86. The number of nitrogens with two attached hydrogens (primary N) is 1. The Kier molecular flexibility index (Phi) is 5.90. The zero-order chi connectivity index (χ0) is 20.1. The van der Waals surface area contributed by atoms with Crippen LogP contribution in [-0.2, 0) is 27.2 Å². The minimum absolute atomic E-state index is 0.169. The molecule has 0 atom stereocenters. The highest BCUT2D eigenvalue weighted by Gasteiger charge is 2.26. The maximum absolute atomic E-state index is 12.6. The summed E-state index contributed by atoms with van der Waals surface area (Å²) in [6, 6.07) is 11.0. The van der Waals surface area contributed by atoms with E-state index >= 15 is 0 Å². The van der Waals surface area contributed by atoms with E-state index in [1.807, 2.05) is 30.3 Å². The Hall–Kier alpha value is -3.39. The molecule has 0 spiro atoms. The summed E-state index contributed by atoms with van der Waals surface area (Å²) in [5.41, 5.74) is 8.22. The van der Waals surface area contributed by atoms with E-state index in [4.69, 9.17) is 15.2 Å². The fourth-order valence-corrected chi connectivity index (χ4v) is 3.04. The number of carbonyl (C=O) groups excluding carboxylic acids is 2. The average Bonchev–Trinajstić information content (AvgIpc) is 2.99. The lowest BCUT2D eigenvalue weighted by Crippen LogP contribution is -2.19. The number of nitrogens with one attached hydrogen (secondary N) is 1. The van der Waals surface area contributed by atoms with Crippen LogP contribution in [0.3, 0.4) is 0 Å².